The van der Waals surface area contributed by atoms with Gasteiger partial charge in [-0.2, -0.15) is 5.10 Å². The standard InChI is InChI=1S/C32H32N8O3/c33-25-10-4-5-11-26(25)37-27(41)16-17-28(42)39-18-6-7-22(19-39)40-32-29(31(34)35-20-36-32)30(38-40)21-12-14-24(15-13-21)43-23-8-2-1-3-9-23/h1-5,8-15,20,22H,6-7,16-19,33H2,(H,37,41)(H2,34,35,36). The molecule has 1 saturated heterocycles. The Hall–Kier alpha value is -5.45. The Morgan fingerprint density at radius 2 is 1.65 bits per heavy atom. The van der Waals surface area contributed by atoms with Crippen LogP contribution < -0.4 is 21.5 Å². The molecule has 1 atom stereocenters. The minimum Gasteiger partial charge on any atom is -0.457 e. The van der Waals surface area contributed by atoms with E-state index in [1.54, 1.807) is 29.2 Å². The molecule has 6 rings (SSSR count). The summed E-state index contributed by atoms with van der Waals surface area (Å²) in [6, 6.07) is 24.1. The van der Waals surface area contributed by atoms with Crippen LogP contribution in [0.1, 0.15) is 31.7 Å². The lowest BCUT2D eigenvalue weighted by atomic mass is 10.0. The van der Waals surface area contributed by atoms with Crippen LogP contribution in [0.15, 0.2) is 85.2 Å². The molecule has 2 aromatic heterocycles. The highest BCUT2D eigenvalue weighted by Gasteiger charge is 2.29. The minimum atomic E-state index is -0.255. The number of amides is 2. The van der Waals surface area contributed by atoms with E-state index >= 15 is 0 Å². The Bertz CT molecular complexity index is 1750. The molecule has 1 aliphatic rings. The van der Waals surface area contributed by atoms with Crippen molar-refractivity contribution in [1.82, 2.24) is 24.6 Å². The maximum Gasteiger partial charge on any atom is 0.224 e. The number of nitrogen functional groups attached to an aromatic ring is 2. The van der Waals surface area contributed by atoms with Gasteiger partial charge in [-0.3, -0.25) is 9.59 Å². The molecule has 3 heterocycles. The number of para-hydroxylation sites is 3. The van der Waals surface area contributed by atoms with Crippen molar-refractivity contribution < 1.29 is 14.3 Å². The van der Waals surface area contributed by atoms with Gasteiger partial charge in [-0.05, 0) is 61.4 Å². The third-order valence-corrected chi connectivity index (χ3v) is 7.52. The maximum absolute atomic E-state index is 13.1. The maximum atomic E-state index is 13.1. The van der Waals surface area contributed by atoms with Gasteiger partial charge in [0.2, 0.25) is 11.8 Å². The lowest BCUT2D eigenvalue weighted by Crippen LogP contribution is -2.41. The number of piperidine rings is 1. The van der Waals surface area contributed by atoms with E-state index in [-0.39, 0.29) is 30.7 Å². The molecule has 0 radical (unpaired) electrons. The van der Waals surface area contributed by atoms with Crippen LogP contribution in [0, 0.1) is 0 Å². The van der Waals surface area contributed by atoms with Gasteiger partial charge in [0.15, 0.2) is 5.65 Å². The third kappa shape index (κ3) is 6.10. The van der Waals surface area contributed by atoms with Crippen LogP contribution in [0.25, 0.3) is 22.3 Å². The lowest BCUT2D eigenvalue weighted by molar-refractivity contribution is -0.134. The van der Waals surface area contributed by atoms with Crippen molar-refractivity contribution in [2.75, 3.05) is 29.9 Å². The highest BCUT2D eigenvalue weighted by molar-refractivity contribution is 5.98. The van der Waals surface area contributed by atoms with Crippen LogP contribution in [0.4, 0.5) is 17.2 Å². The number of nitrogens with one attached hydrogen (secondary N) is 1. The first-order valence-electron chi connectivity index (χ1n) is 14.2. The van der Waals surface area contributed by atoms with Crippen LogP contribution in [0.5, 0.6) is 11.5 Å². The largest absolute Gasteiger partial charge is 0.457 e. The topological polar surface area (TPSA) is 154 Å². The quantitative estimate of drug-likeness (QED) is 0.217. The number of carbonyl (C=O) groups is 2. The molecule has 11 heteroatoms. The smallest absolute Gasteiger partial charge is 0.224 e. The SMILES string of the molecule is Nc1ccccc1NC(=O)CCC(=O)N1CCCC(n2nc(-c3ccc(Oc4ccccc4)cc3)c3c(N)ncnc32)C1. The second-order valence-electron chi connectivity index (χ2n) is 10.5. The zero-order chi connectivity index (χ0) is 29.8. The third-order valence-electron chi connectivity index (χ3n) is 7.52. The Labute approximate surface area is 248 Å². The summed E-state index contributed by atoms with van der Waals surface area (Å²) in [5.74, 6) is 1.45. The first-order valence-corrected chi connectivity index (χ1v) is 14.2. The van der Waals surface area contributed by atoms with E-state index in [1.807, 2.05) is 59.3 Å². The molecule has 2 amide bonds. The van der Waals surface area contributed by atoms with E-state index in [4.69, 9.17) is 21.3 Å². The summed E-state index contributed by atoms with van der Waals surface area (Å²) in [6.07, 6.45) is 3.22. The van der Waals surface area contributed by atoms with Crippen molar-refractivity contribution in [2.45, 2.75) is 31.7 Å². The molecule has 0 spiro atoms. The van der Waals surface area contributed by atoms with Gasteiger partial charge in [0.05, 0.1) is 22.8 Å². The normalized spacial score (nSPS) is 14.9. The average molecular weight is 577 g/mol. The second kappa shape index (κ2) is 12.2. The highest BCUT2D eigenvalue weighted by atomic mass is 16.5. The highest BCUT2D eigenvalue weighted by Crippen LogP contribution is 2.35. The predicted molar refractivity (Wildman–Crippen MR) is 165 cm³/mol. The zero-order valence-electron chi connectivity index (χ0n) is 23.5. The fraction of sp³-hybridized carbons (Fsp3) is 0.219. The van der Waals surface area contributed by atoms with Gasteiger partial charge in [-0.1, -0.05) is 30.3 Å². The number of nitrogens with two attached hydrogens (primary N) is 2. The molecular formula is C32H32N8O3. The van der Waals surface area contributed by atoms with Gasteiger partial charge in [-0.15, -0.1) is 0 Å². The number of aromatic nitrogens is 4. The number of likely N-dealkylation sites (tertiary alicyclic amines) is 1. The van der Waals surface area contributed by atoms with Crippen molar-refractivity contribution in [3.05, 3.63) is 85.2 Å². The fourth-order valence-corrected chi connectivity index (χ4v) is 5.34. The Morgan fingerprint density at radius 3 is 2.44 bits per heavy atom. The molecule has 43 heavy (non-hydrogen) atoms. The van der Waals surface area contributed by atoms with Crippen LogP contribution in [-0.4, -0.2) is 49.6 Å². The summed E-state index contributed by atoms with van der Waals surface area (Å²) in [7, 11) is 0. The monoisotopic (exact) mass is 576 g/mol. The first kappa shape index (κ1) is 27.7. The number of carbonyl (C=O) groups excluding carboxylic acids is 2. The minimum absolute atomic E-state index is 0.0664. The van der Waals surface area contributed by atoms with E-state index < -0.39 is 0 Å². The van der Waals surface area contributed by atoms with Crippen LogP contribution in [0.2, 0.25) is 0 Å². The number of rotatable bonds is 8. The van der Waals surface area contributed by atoms with E-state index in [1.165, 1.54) is 6.33 Å². The van der Waals surface area contributed by atoms with Crippen molar-refractivity contribution in [1.29, 1.82) is 0 Å². The van der Waals surface area contributed by atoms with Gasteiger partial charge >= 0.3 is 0 Å². The molecule has 1 unspecified atom stereocenters. The van der Waals surface area contributed by atoms with Crippen LogP contribution >= 0.6 is 0 Å². The molecule has 1 fully saturated rings. The number of hydrogen-bond donors (Lipinski definition) is 3. The van der Waals surface area contributed by atoms with Crippen molar-refractivity contribution in [2.24, 2.45) is 0 Å². The van der Waals surface area contributed by atoms with E-state index in [0.29, 0.717) is 52.8 Å². The first-order chi connectivity index (χ1) is 21.0. The van der Waals surface area contributed by atoms with Crippen molar-refractivity contribution >= 4 is 40.0 Å². The summed E-state index contributed by atoms with van der Waals surface area (Å²) < 4.78 is 7.80. The second-order valence-corrected chi connectivity index (χ2v) is 10.5. The number of hydrogen-bond acceptors (Lipinski definition) is 8. The molecular weight excluding hydrogens is 544 g/mol. The van der Waals surface area contributed by atoms with Gasteiger partial charge in [0, 0.05) is 31.5 Å². The molecule has 5 N–H and O–H groups in total. The zero-order valence-corrected chi connectivity index (χ0v) is 23.5. The lowest BCUT2D eigenvalue weighted by Gasteiger charge is -2.33. The van der Waals surface area contributed by atoms with Gasteiger partial charge < -0.3 is 26.4 Å². The average Bonchev–Trinajstić information content (AvgIpc) is 3.43. The number of anilines is 3. The van der Waals surface area contributed by atoms with Gasteiger partial charge in [-0.25, -0.2) is 14.6 Å². The molecule has 5 aromatic rings. The molecule has 0 saturated carbocycles. The van der Waals surface area contributed by atoms with Crippen molar-refractivity contribution in [3.63, 3.8) is 0 Å². The summed E-state index contributed by atoms with van der Waals surface area (Å²) in [5.41, 5.74) is 15.4. The molecule has 1 aliphatic heterocycles. The van der Waals surface area contributed by atoms with E-state index in [2.05, 4.69) is 15.3 Å². The van der Waals surface area contributed by atoms with Crippen LogP contribution in [-0.2, 0) is 9.59 Å². The van der Waals surface area contributed by atoms with E-state index in [9.17, 15) is 9.59 Å². The fourth-order valence-electron chi connectivity index (χ4n) is 5.34. The summed E-state index contributed by atoms with van der Waals surface area (Å²) in [4.78, 5) is 36.2. The summed E-state index contributed by atoms with van der Waals surface area (Å²) >= 11 is 0. The number of nitrogens with zero attached hydrogens (tertiary/aromatic N) is 5. The Balaban J connectivity index is 1.17. The predicted octanol–water partition coefficient (Wildman–Crippen LogP) is 5.03. The van der Waals surface area contributed by atoms with Gasteiger partial charge in [0.1, 0.15) is 29.3 Å². The molecule has 11 nitrogen and oxygen atoms in total. The van der Waals surface area contributed by atoms with Crippen molar-refractivity contribution in [3.8, 4) is 22.8 Å². The number of ether oxygens (including phenoxy) is 1. The molecule has 0 bridgehead atoms. The molecule has 218 valence electrons. The summed E-state index contributed by atoms with van der Waals surface area (Å²) in [5, 5.41) is 8.41. The van der Waals surface area contributed by atoms with E-state index in [0.717, 1.165) is 24.2 Å². The summed E-state index contributed by atoms with van der Waals surface area (Å²) in [6.45, 7) is 1.07. The molecule has 0 aliphatic carbocycles. The number of benzene rings is 3. The number of fused-ring (bicyclic) bond motifs is 1. The Kier molecular flexibility index (Phi) is 7.86. The Morgan fingerprint density at radius 1 is 0.907 bits per heavy atom. The molecule has 3 aromatic carbocycles. The van der Waals surface area contributed by atoms with Gasteiger partial charge in [0.25, 0.3) is 0 Å². The van der Waals surface area contributed by atoms with Crippen LogP contribution in [0.3, 0.4) is 0 Å².